The van der Waals surface area contributed by atoms with E-state index >= 15 is 0 Å². The number of aromatic nitrogens is 1. The Kier molecular flexibility index (Phi) is 8.56. The first-order chi connectivity index (χ1) is 13.8. The van der Waals surface area contributed by atoms with Crippen LogP contribution < -0.4 is 9.47 Å². The molecule has 1 atom stereocenters. The molecule has 0 aliphatic heterocycles. The van der Waals surface area contributed by atoms with Gasteiger partial charge in [0.2, 0.25) is 5.58 Å². The number of benzene rings is 1. The molecule has 0 aliphatic carbocycles. The predicted molar refractivity (Wildman–Crippen MR) is 125 cm³/mol. The lowest BCUT2D eigenvalue weighted by molar-refractivity contribution is -0.678. The topological polar surface area (TPSA) is 23.5 Å². The van der Waals surface area contributed by atoms with Crippen LogP contribution in [0.2, 0.25) is 0 Å². The van der Waals surface area contributed by atoms with Crippen molar-refractivity contribution in [1.82, 2.24) is 4.90 Å². The van der Waals surface area contributed by atoms with E-state index in [9.17, 15) is 0 Å². The predicted octanol–water partition coefficient (Wildman–Crippen LogP) is 5.65. The zero-order valence-electron chi connectivity index (χ0n) is 19.1. The van der Waals surface area contributed by atoms with Gasteiger partial charge in [-0.3, -0.25) is 0 Å². The summed E-state index contributed by atoms with van der Waals surface area (Å²) < 4.78 is 8.50. The lowest BCUT2D eigenvalue weighted by Gasteiger charge is -2.10. The van der Waals surface area contributed by atoms with E-state index in [0.717, 1.165) is 54.9 Å². The van der Waals surface area contributed by atoms with Crippen LogP contribution in [0.3, 0.4) is 0 Å². The molecule has 0 bridgehead atoms. The fourth-order valence-electron chi connectivity index (χ4n) is 3.36. The molecule has 158 valence electrons. The highest BCUT2D eigenvalue weighted by atomic mass is 16.4. The van der Waals surface area contributed by atoms with Crippen LogP contribution in [0.15, 0.2) is 53.1 Å². The highest BCUT2D eigenvalue weighted by molar-refractivity contribution is 5.75. The molecule has 1 aromatic carbocycles. The van der Waals surface area contributed by atoms with E-state index in [2.05, 4.69) is 74.3 Å². The molecule has 0 amide bonds. The van der Waals surface area contributed by atoms with Crippen molar-refractivity contribution in [2.75, 3.05) is 33.1 Å². The Morgan fingerprint density at radius 2 is 2.00 bits per heavy atom. The van der Waals surface area contributed by atoms with Crippen molar-refractivity contribution in [1.29, 1.82) is 0 Å². The second-order valence-corrected chi connectivity index (χ2v) is 8.19. The summed E-state index contributed by atoms with van der Waals surface area (Å²) in [6.07, 6.45) is 12.9. The molecule has 4 heteroatoms. The normalized spacial score (nSPS) is 13.2. The second kappa shape index (κ2) is 10.9. The fraction of sp³-hybridized carbons (Fsp3) is 0.480. The minimum absolute atomic E-state index is 0.544. The summed E-state index contributed by atoms with van der Waals surface area (Å²) in [5.74, 6) is 1.44. The third-order valence-electron chi connectivity index (χ3n) is 5.21. The fourth-order valence-corrected chi connectivity index (χ4v) is 3.36. The summed E-state index contributed by atoms with van der Waals surface area (Å²) in [6, 6.07) is 6.43. The number of nitrogens with zero attached hydrogens (tertiary/aromatic N) is 3. The molecule has 0 aliphatic rings. The highest BCUT2D eigenvalue weighted by Gasteiger charge is 2.21. The molecule has 0 spiro atoms. The van der Waals surface area contributed by atoms with Crippen LogP contribution in [-0.2, 0) is 6.54 Å². The van der Waals surface area contributed by atoms with Gasteiger partial charge in [0.15, 0.2) is 6.54 Å². The van der Waals surface area contributed by atoms with Crippen LogP contribution in [0.25, 0.3) is 17.2 Å². The van der Waals surface area contributed by atoms with Crippen LogP contribution in [0.5, 0.6) is 0 Å². The third-order valence-corrected chi connectivity index (χ3v) is 5.21. The number of fused-ring (bicyclic) bond motifs is 1. The van der Waals surface area contributed by atoms with Gasteiger partial charge in [0.05, 0.1) is 6.08 Å². The van der Waals surface area contributed by atoms with Crippen molar-refractivity contribution in [3.05, 3.63) is 54.6 Å². The van der Waals surface area contributed by atoms with E-state index in [1.54, 1.807) is 0 Å². The maximum atomic E-state index is 6.20. The summed E-state index contributed by atoms with van der Waals surface area (Å²) in [6.45, 7) is 9.32. The largest absolute Gasteiger partial charge is 0.398 e. The maximum absolute atomic E-state index is 6.20. The monoisotopic (exact) mass is 396 g/mol. The van der Waals surface area contributed by atoms with Gasteiger partial charge in [0.1, 0.15) is 0 Å². The minimum atomic E-state index is 0.544. The molecule has 2 aromatic rings. The smallest absolute Gasteiger partial charge is 0.375 e. The minimum Gasteiger partial charge on any atom is -0.398 e. The Morgan fingerprint density at radius 3 is 2.62 bits per heavy atom. The number of aryl methyl sites for hydroxylation is 1. The first-order valence-electron chi connectivity index (χ1n) is 10.6. The van der Waals surface area contributed by atoms with Crippen LogP contribution in [0.4, 0.5) is 5.69 Å². The van der Waals surface area contributed by atoms with Crippen molar-refractivity contribution >= 4 is 22.9 Å². The van der Waals surface area contributed by atoms with Gasteiger partial charge in [-0.05, 0) is 31.2 Å². The molecule has 0 fully saturated rings. The van der Waals surface area contributed by atoms with Crippen LogP contribution in [-0.4, -0.2) is 33.1 Å². The first-order valence-corrected chi connectivity index (χ1v) is 10.6. The van der Waals surface area contributed by atoms with Gasteiger partial charge in [-0.2, -0.15) is 4.57 Å². The summed E-state index contributed by atoms with van der Waals surface area (Å²) in [5, 5.41) is 0. The van der Waals surface area contributed by atoms with E-state index in [-0.39, 0.29) is 0 Å². The Morgan fingerprint density at radius 1 is 1.24 bits per heavy atom. The Balaban J connectivity index is 2.21. The summed E-state index contributed by atoms with van der Waals surface area (Å²) in [7, 11) is 8.15. The Labute approximate surface area is 176 Å². The number of unbranched alkanes of at least 4 members (excludes halogenated alkanes) is 1. The highest BCUT2D eigenvalue weighted by Crippen LogP contribution is 2.22. The molecule has 0 saturated carbocycles. The average Bonchev–Trinajstić information content (AvgIpc) is 3.04. The number of rotatable bonds is 11. The average molecular weight is 397 g/mol. The number of hydrogen-bond donors (Lipinski definition) is 0. The molecule has 0 radical (unpaired) electrons. The molecule has 1 unspecified atom stereocenters. The molecule has 1 aromatic heterocycles. The van der Waals surface area contributed by atoms with Gasteiger partial charge < -0.3 is 14.2 Å². The quantitative estimate of drug-likeness (QED) is 0.279. The molecule has 29 heavy (non-hydrogen) atoms. The Hall–Kier alpha value is -2.49. The zero-order chi connectivity index (χ0) is 21.4. The summed E-state index contributed by atoms with van der Waals surface area (Å²) >= 11 is 0. The number of hydrogen-bond acceptors (Lipinski definition) is 3. The van der Waals surface area contributed by atoms with Crippen molar-refractivity contribution < 1.29 is 8.98 Å². The number of allylic oxidation sites excluding steroid dienone is 3. The summed E-state index contributed by atoms with van der Waals surface area (Å²) in [4.78, 5) is 4.13. The maximum Gasteiger partial charge on any atom is 0.375 e. The van der Waals surface area contributed by atoms with E-state index in [1.807, 2.05) is 31.3 Å². The number of anilines is 1. The first kappa shape index (κ1) is 22.8. The Bertz CT molecular complexity index is 858. The summed E-state index contributed by atoms with van der Waals surface area (Å²) in [5.41, 5.74) is 4.75. The van der Waals surface area contributed by atoms with Crippen LogP contribution >= 0.6 is 0 Å². The number of oxazole rings is 1. The molecular weight excluding hydrogens is 358 g/mol. The van der Waals surface area contributed by atoms with Gasteiger partial charge >= 0.3 is 5.89 Å². The van der Waals surface area contributed by atoms with E-state index in [1.165, 1.54) is 5.57 Å². The molecule has 1 heterocycles. The van der Waals surface area contributed by atoms with Gasteiger partial charge in [-0.25, -0.2) is 0 Å². The standard InChI is InChI=1S/C25H38N3O/c1-8-20(3)18-21(9-2)12-10-11-16-28-23-14-13-22(27(6)7)19-24(23)29-25(28)15-17-26(4)5/h8,12-15,17,19-20H,1,9-11,16,18H2,2-7H3/q+1/b21-12+. The molecule has 0 N–H and O–H groups in total. The van der Waals surface area contributed by atoms with Crippen molar-refractivity contribution in [2.45, 2.75) is 46.1 Å². The van der Waals surface area contributed by atoms with Crippen LogP contribution in [0, 0.1) is 5.92 Å². The third kappa shape index (κ3) is 6.52. The van der Waals surface area contributed by atoms with Gasteiger partial charge in [0, 0.05) is 58.6 Å². The molecular formula is C25H38N3O+. The second-order valence-electron chi connectivity index (χ2n) is 8.19. The van der Waals surface area contributed by atoms with Crippen molar-refractivity contribution in [3.8, 4) is 0 Å². The van der Waals surface area contributed by atoms with Crippen molar-refractivity contribution in [3.63, 3.8) is 0 Å². The lowest BCUT2D eigenvalue weighted by atomic mass is 9.98. The molecule has 0 saturated heterocycles. The molecule has 2 rings (SSSR count). The van der Waals surface area contributed by atoms with Gasteiger partial charge in [-0.15, -0.1) is 6.58 Å². The van der Waals surface area contributed by atoms with Crippen molar-refractivity contribution in [2.24, 2.45) is 5.92 Å². The lowest BCUT2D eigenvalue weighted by Crippen LogP contribution is -2.35. The van der Waals surface area contributed by atoms with Gasteiger partial charge in [-0.1, -0.05) is 31.6 Å². The van der Waals surface area contributed by atoms with E-state index in [4.69, 9.17) is 4.42 Å². The molecule has 4 nitrogen and oxygen atoms in total. The van der Waals surface area contributed by atoms with Crippen LogP contribution in [0.1, 0.15) is 45.4 Å². The zero-order valence-corrected chi connectivity index (χ0v) is 19.1. The van der Waals surface area contributed by atoms with Gasteiger partial charge in [0.25, 0.3) is 5.52 Å². The SMILES string of the molecule is C=CC(C)C/C(=C/CCC[n+]1c(/C=C/N(C)C)oc2cc(N(C)C)ccc21)CC. The van der Waals surface area contributed by atoms with E-state index < -0.39 is 0 Å². The van der Waals surface area contributed by atoms with E-state index in [0.29, 0.717) is 5.92 Å².